The molecular weight excluding hydrogens is 422 g/mol. The zero-order chi connectivity index (χ0) is 21.7. The number of sulfonamides is 1. The molecule has 7 nitrogen and oxygen atoms in total. The highest BCUT2D eigenvalue weighted by Gasteiger charge is 2.17. The topological polar surface area (TPSA) is 97.4 Å². The maximum atomic E-state index is 12.6. The number of benzene rings is 2. The molecule has 0 aliphatic rings. The molecule has 0 spiro atoms. The maximum absolute atomic E-state index is 12.6. The Morgan fingerprint density at radius 3 is 2.47 bits per heavy atom. The number of thiazole rings is 1. The first-order valence-electron chi connectivity index (χ1n) is 9.28. The summed E-state index contributed by atoms with van der Waals surface area (Å²) >= 11 is 1.57. The van der Waals surface area contributed by atoms with Gasteiger partial charge in [0.15, 0.2) is 0 Å². The molecule has 1 amide bonds. The molecule has 3 aromatic rings. The summed E-state index contributed by atoms with van der Waals surface area (Å²) in [5.41, 5.74) is 1.51. The second-order valence-corrected chi connectivity index (χ2v) is 9.42. The second kappa shape index (κ2) is 9.27. The van der Waals surface area contributed by atoms with Crippen molar-refractivity contribution in [3.05, 3.63) is 70.2 Å². The summed E-state index contributed by atoms with van der Waals surface area (Å²) in [6, 6.07) is 12.5. The Kier molecular flexibility index (Phi) is 6.73. The Balaban J connectivity index is 1.66. The van der Waals surface area contributed by atoms with Crippen LogP contribution in [-0.4, -0.2) is 26.4 Å². The summed E-state index contributed by atoms with van der Waals surface area (Å²) in [4.78, 5) is 16.9. The highest BCUT2D eigenvalue weighted by Crippen LogP contribution is 2.26. The summed E-state index contributed by atoms with van der Waals surface area (Å²) in [6.45, 7) is 4.45. The summed E-state index contributed by atoms with van der Waals surface area (Å²) < 4.78 is 33.0. The van der Waals surface area contributed by atoms with Crippen molar-refractivity contribution in [2.75, 3.05) is 11.8 Å². The van der Waals surface area contributed by atoms with Crippen LogP contribution in [0.2, 0.25) is 0 Å². The highest BCUT2D eigenvalue weighted by molar-refractivity contribution is 7.92. The van der Waals surface area contributed by atoms with E-state index in [1.54, 1.807) is 35.6 Å². The average molecular weight is 446 g/mol. The van der Waals surface area contributed by atoms with Crippen molar-refractivity contribution >= 4 is 33.0 Å². The van der Waals surface area contributed by atoms with E-state index >= 15 is 0 Å². The minimum Gasteiger partial charge on any atom is -0.495 e. The first-order valence-corrected chi connectivity index (χ1v) is 11.6. The third kappa shape index (κ3) is 5.17. The summed E-state index contributed by atoms with van der Waals surface area (Å²) in [6.07, 6.45) is 0. The van der Waals surface area contributed by atoms with Crippen molar-refractivity contribution in [2.45, 2.75) is 31.2 Å². The second-order valence-electron chi connectivity index (χ2n) is 6.84. The van der Waals surface area contributed by atoms with Crippen LogP contribution in [0.5, 0.6) is 5.75 Å². The predicted molar refractivity (Wildman–Crippen MR) is 118 cm³/mol. The molecule has 0 fully saturated rings. The van der Waals surface area contributed by atoms with Crippen molar-refractivity contribution in [2.24, 2.45) is 0 Å². The van der Waals surface area contributed by atoms with Gasteiger partial charge in [-0.1, -0.05) is 26.0 Å². The first kappa shape index (κ1) is 21.8. The van der Waals surface area contributed by atoms with E-state index in [1.807, 2.05) is 5.38 Å². The molecular formula is C21H23N3O4S2. The van der Waals surface area contributed by atoms with Gasteiger partial charge in [0, 0.05) is 16.9 Å². The van der Waals surface area contributed by atoms with Crippen LogP contribution in [0.4, 0.5) is 5.69 Å². The van der Waals surface area contributed by atoms with Gasteiger partial charge in [-0.05, 0) is 36.4 Å². The molecule has 2 N–H and O–H groups in total. The van der Waals surface area contributed by atoms with Gasteiger partial charge in [0.2, 0.25) is 0 Å². The van der Waals surface area contributed by atoms with Gasteiger partial charge in [0.25, 0.3) is 15.9 Å². The third-order valence-corrected chi connectivity index (χ3v) is 6.85. The highest BCUT2D eigenvalue weighted by atomic mass is 32.2. The Bertz CT molecular complexity index is 1120. The first-order chi connectivity index (χ1) is 14.3. The van der Waals surface area contributed by atoms with Crippen molar-refractivity contribution in [1.82, 2.24) is 10.3 Å². The number of carbonyl (C=O) groups excluding carboxylic acids is 1. The van der Waals surface area contributed by atoms with Crippen LogP contribution in [-0.2, 0) is 16.6 Å². The molecule has 0 saturated heterocycles. The molecule has 9 heteroatoms. The predicted octanol–water partition coefficient (Wildman–Crippen LogP) is 4.01. The normalized spacial score (nSPS) is 11.3. The SMILES string of the molecule is COc1ccccc1NS(=O)(=O)c1ccc(C(=O)NCc2csc(C(C)C)n2)cc1. The lowest BCUT2D eigenvalue weighted by Gasteiger charge is -2.12. The van der Waals surface area contributed by atoms with Crippen LogP contribution in [0.1, 0.15) is 40.8 Å². The summed E-state index contributed by atoms with van der Waals surface area (Å²) in [5.74, 6) is 0.467. The molecule has 0 aliphatic heterocycles. The van der Waals surface area contributed by atoms with Crippen LogP contribution in [0.25, 0.3) is 0 Å². The summed E-state index contributed by atoms with van der Waals surface area (Å²) in [7, 11) is -2.35. The number of nitrogens with one attached hydrogen (secondary N) is 2. The molecule has 0 radical (unpaired) electrons. The fraction of sp³-hybridized carbons (Fsp3) is 0.238. The Morgan fingerprint density at radius 2 is 1.83 bits per heavy atom. The molecule has 2 aromatic carbocycles. The molecule has 30 heavy (non-hydrogen) atoms. The zero-order valence-electron chi connectivity index (χ0n) is 16.9. The van der Waals surface area contributed by atoms with Crippen LogP contribution in [0, 0.1) is 0 Å². The van der Waals surface area contributed by atoms with Gasteiger partial charge in [-0.25, -0.2) is 13.4 Å². The van der Waals surface area contributed by atoms with E-state index in [9.17, 15) is 13.2 Å². The van der Waals surface area contributed by atoms with Gasteiger partial charge in [0.1, 0.15) is 5.75 Å². The number of anilines is 1. The lowest BCUT2D eigenvalue weighted by Crippen LogP contribution is -2.23. The van der Waals surface area contributed by atoms with E-state index < -0.39 is 10.0 Å². The summed E-state index contributed by atoms with van der Waals surface area (Å²) in [5, 5.41) is 5.75. The lowest BCUT2D eigenvalue weighted by molar-refractivity contribution is 0.0950. The van der Waals surface area contributed by atoms with E-state index in [-0.39, 0.29) is 10.8 Å². The minimum atomic E-state index is -3.82. The Hall–Kier alpha value is -2.91. The maximum Gasteiger partial charge on any atom is 0.262 e. The monoisotopic (exact) mass is 445 g/mol. The van der Waals surface area contributed by atoms with Gasteiger partial charge < -0.3 is 10.1 Å². The molecule has 0 atom stereocenters. The fourth-order valence-electron chi connectivity index (χ4n) is 2.66. The zero-order valence-corrected chi connectivity index (χ0v) is 18.5. The Morgan fingerprint density at radius 1 is 1.13 bits per heavy atom. The van der Waals surface area contributed by atoms with Crippen LogP contribution in [0.15, 0.2) is 58.8 Å². The largest absolute Gasteiger partial charge is 0.495 e. The van der Waals surface area contributed by atoms with E-state index in [0.29, 0.717) is 29.5 Å². The quantitative estimate of drug-likeness (QED) is 0.546. The number of amides is 1. The number of aromatic nitrogens is 1. The third-order valence-electron chi connectivity index (χ3n) is 4.27. The van der Waals surface area contributed by atoms with Gasteiger partial charge in [-0.2, -0.15) is 0 Å². The smallest absolute Gasteiger partial charge is 0.262 e. The van der Waals surface area contributed by atoms with E-state index in [2.05, 4.69) is 28.9 Å². The van der Waals surface area contributed by atoms with Gasteiger partial charge in [-0.15, -0.1) is 11.3 Å². The van der Waals surface area contributed by atoms with Gasteiger partial charge in [-0.3, -0.25) is 9.52 Å². The van der Waals surface area contributed by atoms with Crippen molar-refractivity contribution < 1.29 is 17.9 Å². The number of nitrogens with zero attached hydrogens (tertiary/aromatic N) is 1. The van der Waals surface area contributed by atoms with Crippen molar-refractivity contribution in [3.8, 4) is 5.75 Å². The van der Waals surface area contributed by atoms with Gasteiger partial charge >= 0.3 is 0 Å². The number of methoxy groups -OCH3 is 1. The molecule has 158 valence electrons. The van der Waals surface area contributed by atoms with Crippen molar-refractivity contribution in [1.29, 1.82) is 0 Å². The Labute approximate surface area is 180 Å². The molecule has 3 rings (SSSR count). The molecule has 0 aliphatic carbocycles. The van der Waals surface area contributed by atoms with Crippen LogP contribution < -0.4 is 14.8 Å². The van der Waals surface area contributed by atoms with E-state index in [4.69, 9.17) is 4.74 Å². The minimum absolute atomic E-state index is 0.0473. The number of ether oxygens (including phenoxy) is 1. The number of carbonyl (C=O) groups is 1. The molecule has 0 saturated carbocycles. The number of hydrogen-bond acceptors (Lipinski definition) is 6. The number of para-hydroxylation sites is 2. The average Bonchev–Trinajstić information content (AvgIpc) is 3.22. The van der Waals surface area contributed by atoms with E-state index in [0.717, 1.165) is 10.7 Å². The molecule has 1 heterocycles. The fourth-order valence-corrected chi connectivity index (χ4v) is 4.57. The number of hydrogen-bond donors (Lipinski definition) is 2. The molecule has 0 unspecified atom stereocenters. The van der Waals surface area contributed by atoms with E-state index in [1.165, 1.54) is 31.4 Å². The molecule has 1 aromatic heterocycles. The molecule has 0 bridgehead atoms. The number of rotatable bonds is 8. The lowest BCUT2D eigenvalue weighted by atomic mass is 10.2. The van der Waals surface area contributed by atoms with Crippen molar-refractivity contribution in [3.63, 3.8) is 0 Å². The van der Waals surface area contributed by atoms with Crippen LogP contribution in [0.3, 0.4) is 0 Å². The standard InChI is InChI=1S/C21H23N3O4S2/c1-14(2)21-23-16(13-29-21)12-22-20(25)15-8-10-17(11-9-15)30(26,27)24-18-6-4-5-7-19(18)28-3/h4-11,13-14,24H,12H2,1-3H3,(H,22,25). The van der Waals surface area contributed by atoms with Crippen LogP contribution >= 0.6 is 11.3 Å². The van der Waals surface area contributed by atoms with Gasteiger partial charge in [0.05, 0.1) is 34.9 Å².